The lowest BCUT2D eigenvalue weighted by molar-refractivity contribution is -0.274. The third-order valence-electron chi connectivity index (χ3n) is 6.49. The molecule has 10 nitrogen and oxygen atoms in total. The number of hydrogen-bond acceptors (Lipinski definition) is 9. The lowest BCUT2D eigenvalue weighted by atomic mass is 10.0. The average molecular weight is 553 g/mol. The standard InChI is InChI=1S/C27H27F3N8O2/c28-27(29,30)40-22-10-18(3-5-31)9-19(11-22)14-32-6-1-2-8-39-23-16-38(17-23)25-13-21(20-4-7-33-34-15-20)12-24-26(25)36-37-35-24/h4,7,9-13,15,23,32H,1-3,6,8,14,16-17H2,(H,35,36,37). The number of nitriles is 1. The molecule has 2 aromatic carbocycles. The molecule has 0 spiro atoms. The Balaban J connectivity index is 1.04. The van der Waals surface area contributed by atoms with E-state index in [-0.39, 0.29) is 18.3 Å². The van der Waals surface area contributed by atoms with Gasteiger partial charge in [-0.15, -0.1) is 18.3 Å². The number of halogens is 3. The third kappa shape index (κ3) is 7.02. The van der Waals surface area contributed by atoms with E-state index in [0.29, 0.717) is 30.8 Å². The molecule has 0 atom stereocenters. The lowest BCUT2D eigenvalue weighted by Gasteiger charge is -2.40. The zero-order chi connectivity index (χ0) is 28.0. The van der Waals surface area contributed by atoms with Crippen molar-refractivity contribution in [1.29, 1.82) is 5.26 Å². The average Bonchev–Trinajstić information content (AvgIpc) is 3.37. The Labute approximate surface area is 228 Å². The van der Waals surface area contributed by atoms with E-state index in [2.05, 4.69) is 46.6 Å². The summed E-state index contributed by atoms with van der Waals surface area (Å²) in [5, 5.41) is 31.1. The van der Waals surface area contributed by atoms with Crippen molar-refractivity contribution in [3.63, 3.8) is 0 Å². The number of nitrogens with zero attached hydrogens (tertiary/aromatic N) is 6. The van der Waals surface area contributed by atoms with E-state index in [0.717, 1.165) is 53.8 Å². The highest BCUT2D eigenvalue weighted by atomic mass is 19.4. The number of aromatic nitrogens is 5. The van der Waals surface area contributed by atoms with Crippen LogP contribution in [0.2, 0.25) is 0 Å². The molecule has 0 aliphatic carbocycles. The Kier molecular flexibility index (Phi) is 8.37. The van der Waals surface area contributed by atoms with Crippen LogP contribution in [0.25, 0.3) is 22.2 Å². The summed E-state index contributed by atoms with van der Waals surface area (Å²) in [5.74, 6) is -0.314. The third-order valence-corrected chi connectivity index (χ3v) is 6.49. The highest BCUT2D eigenvalue weighted by molar-refractivity contribution is 5.93. The molecular weight excluding hydrogens is 525 g/mol. The van der Waals surface area contributed by atoms with Gasteiger partial charge in [0.05, 0.1) is 42.2 Å². The summed E-state index contributed by atoms with van der Waals surface area (Å²) in [4.78, 5) is 2.21. The molecule has 1 aliphatic heterocycles. The quantitative estimate of drug-likeness (QED) is 0.249. The summed E-state index contributed by atoms with van der Waals surface area (Å²) >= 11 is 0. The molecule has 5 rings (SSSR count). The van der Waals surface area contributed by atoms with Gasteiger partial charge in [-0.2, -0.15) is 15.5 Å². The van der Waals surface area contributed by atoms with Crippen LogP contribution in [0.15, 0.2) is 48.8 Å². The fourth-order valence-corrected chi connectivity index (χ4v) is 4.60. The van der Waals surface area contributed by atoms with E-state index < -0.39 is 6.36 Å². The van der Waals surface area contributed by atoms with Crippen molar-refractivity contribution in [1.82, 2.24) is 30.9 Å². The van der Waals surface area contributed by atoms with E-state index in [9.17, 15) is 13.2 Å². The van der Waals surface area contributed by atoms with Gasteiger partial charge in [0.2, 0.25) is 0 Å². The first-order chi connectivity index (χ1) is 19.4. The minimum absolute atomic E-state index is 0.00904. The summed E-state index contributed by atoms with van der Waals surface area (Å²) in [5.41, 5.74) is 5.72. The Bertz CT molecular complexity index is 1470. The Morgan fingerprint density at radius 3 is 2.70 bits per heavy atom. The number of H-pyrrole nitrogens is 1. The van der Waals surface area contributed by atoms with Gasteiger partial charge in [-0.1, -0.05) is 11.3 Å². The fourth-order valence-electron chi connectivity index (χ4n) is 4.60. The van der Waals surface area contributed by atoms with Crippen LogP contribution in [0.4, 0.5) is 18.9 Å². The summed E-state index contributed by atoms with van der Waals surface area (Å²) in [6, 6.07) is 12.2. The van der Waals surface area contributed by atoms with Gasteiger partial charge in [0, 0.05) is 31.8 Å². The predicted molar refractivity (Wildman–Crippen MR) is 140 cm³/mol. The van der Waals surface area contributed by atoms with Gasteiger partial charge in [0.15, 0.2) is 0 Å². The molecule has 0 unspecified atom stereocenters. The van der Waals surface area contributed by atoms with Gasteiger partial charge in [0.1, 0.15) is 11.3 Å². The maximum atomic E-state index is 12.6. The smallest absolute Gasteiger partial charge is 0.406 e. The van der Waals surface area contributed by atoms with Crippen LogP contribution < -0.4 is 15.0 Å². The van der Waals surface area contributed by atoms with Gasteiger partial charge >= 0.3 is 6.36 Å². The number of anilines is 1. The second-order valence-corrected chi connectivity index (χ2v) is 9.48. The number of fused-ring (bicyclic) bond motifs is 1. The largest absolute Gasteiger partial charge is 0.573 e. The van der Waals surface area contributed by atoms with Gasteiger partial charge in [-0.25, -0.2) is 0 Å². The molecule has 2 N–H and O–H groups in total. The Morgan fingerprint density at radius 2 is 1.93 bits per heavy atom. The first kappa shape index (κ1) is 27.3. The number of unbranched alkanes of at least 4 members (excludes halogenated alkanes) is 1. The van der Waals surface area contributed by atoms with Gasteiger partial charge in [-0.05, 0) is 66.4 Å². The van der Waals surface area contributed by atoms with Crippen molar-refractivity contribution in [2.45, 2.75) is 38.3 Å². The summed E-state index contributed by atoms with van der Waals surface area (Å²) in [6.07, 6.45) is 0.422. The second-order valence-electron chi connectivity index (χ2n) is 9.48. The van der Waals surface area contributed by atoms with E-state index in [4.69, 9.17) is 10.00 Å². The molecule has 208 valence electrons. The first-order valence-electron chi connectivity index (χ1n) is 12.8. The highest BCUT2D eigenvalue weighted by Crippen LogP contribution is 2.33. The van der Waals surface area contributed by atoms with Crippen LogP contribution >= 0.6 is 0 Å². The molecule has 0 amide bonds. The Hall–Kier alpha value is -4.28. The monoisotopic (exact) mass is 552 g/mol. The first-order valence-corrected chi connectivity index (χ1v) is 12.8. The normalized spacial score (nSPS) is 13.8. The number of rotatable bonds is 12. The van der Waals surface area contributed by atoms with E-state index in [1.165, 1.54) is 12.1 Å². The van der Waals surface area contributed by atoms with Crippen molar-refractivity contribution in [2.75, 3.05) is 31.1 Å². The molecule has 0 radical (unpaired) electrons. The Morgan fingerprint density at radius 1 is 1.07 bits per heavy atom. The van der Waals surface area contributed by atoms with Crippen molar-refractivity contribution in [2.24, 2.45) is 0 Å². The minimum Gasteiger partial charge on any atom is -0.406 e. The number of alkyl halides is 3. The molecule has 1 fully saturated rings. The zero-order valence-corrected chi connectivity index (χ0v) is 21.5. The van der Waals surface area contributed by atoms with Gasteiger partial charge in [-0.3, -0.25) is 5.10 Å². The van der Waals surface area contributed by atoms with Gasteiger partial charge < -0.3 is 19.7 Å². The number of nitrogens with one attached hydrogen (secondary N) is 2. The summed E-state index contributed by atoms with van der Waals surface area (Å²) in [7, 11) is 0. The van der Waals surface area contributed by atoms with Crippen LogP contribution in [0, 0.1) is 11.3 Å². The van der Waals surface area contributed by atoms with Crippen LogP contribution in [-0.4, -0.2) is 64.3 Å². The summed E-state index contributed by atoms with van der Waals surface area (Å²) in [6.45, 7) is 3.17. The van der Waals surface area contributed by atoms with Crippen molar-refractivity contribution in [3.8, 4) is 22.9 Å². The predicted octanol–water partition coefficient (Wildman–Crippen LogP) is 4.15. The second kappa shape index (κ2) is 12.3. The molecule has 13 heteroatoms. The SMILES string of the molecule is N#CCc1cc(CNCCCCOC2CN(c3cc(-c4ccnnc4)cc4[nH]nnc34)C2)cc(OC(F)(F)F)c1. The molecule has 4 aromatic rings. The van der Waals surface area contributed by atoms with Crippen molar-refractivity contribution in [3.05, 3.63) is 59.9 Å². The number of aromatic amines is 1. The molecule has 40 heavy (non-hydrogen) atoms. The molecule has 3 heterocycles. The number of benzene rings is 2. The maximum Gasteiger partial charge on any atom is 0.573 e. The van der Waals surface area contributed by atoms with E-state index >= 15 is 0 Å². The maximum absolute atomic E-state index is 12.6. The van der Waals surface area contributed by atoms with Crippen molar-refractivity contribution < 1.29 is 22.6 Å². The number of ether oxygens (including phenoxy) is 2. The fraction of sp³-hybridized carbons (Fsp3) is 0.370. The molecule has 0 saturated carbocycles. The molecule has 1 saturated heterocycles. The van der Waals surface area contributed by atoms with Crippen LogP contribution in [0.1, 0.15) is 24.0 Å². The van der Waals surface area contributed by atoms with E-state index in [1.807, 2.05) is 18.2 Å². The zero-order valence-electron chi connectivity index (χ0n) is 21.5. The van der Waals surface area contributed by atoms with Crippen LogP contribution in [0.5, 0.6) is 5.75 Å². The summed E-state index contributed by atoms with van der Waals surface area (Å²) < 4.78 is 47.9. The van der Waals surface area contributed by atoms with Crippen molar-refractivity contribution >= 4 is 16.7 Å². The molecule has 1 aliphatic rings. The van der Waals surface area contributed by atoms with Crippen LogP contribution in [0.3, 0.4) is 0 Å². The molecular formula is C27H27F3N8O2. The van der Waals surface area contributed by atoms with Crippen LogP contribution in [-0.2, 0) is 17.7 Å². The molecule has 2 aromatic heterocycles. The molecule has 0 bridgehead atoms. The minimum atomic E-state index is -4.78. The van der Waals surface area contributed by atoms with E-state index in [1.54, 1.807) is 18.5 Å². The topological polar surface area (TPSA) is 125 Å². The van der Waals surface area contributed by atoms with Gasteiger partial charge in [0.25, 0.3) is 0 Å². The highest BCUT2D eigenvalue weighted by Gasteiger charge is 2.31. The number of hydrogen-bond donors (Lipinski definition) is 2. The lowest BCUT2D eigenvalue weighted by Crippen LogP contribution is -2.52.